The molecule has 1 aromatic carbocycles. The number of aromatic nitrogens is 2. The van der Waals surface area contributed by atoms with Crippen LogP contribution in [0.5, 0.6) is 0 Å². The van der Waals surface area contributed by atoms with Crippen LogP contribution in [0.1, 0.15) is 21.3 Å². The molecular weight excluding hydrogens is 320 g/mol. The normalized spacial score (nSPS) is 12.3. The zero-order valence-corrected chi connectivity index (χ0v) is 14.5. The molecule has 0 radical (unpaired) electrons. The van der Waals surface area contributed by atoms with E-state index in [1.807, 2.05) is 50.5 Å². The molecule has 1 amide bonds. The van der Waals surface area contributed by atoms with Crippen LogP contribution in [0.15, 0.2) is 54.0 Å². The van der Waals surface area contributed by atoms with Gasteiger partial charge in [0.2, 0.25) is 0 Å². The number of H-pyrrole nitrogens is 1. The fourth-order valence-electron chi connectivity index (χ4n) is 2.59. The second kappa shape index (κ2) is 7.42. The summed E-state index contributed by atoms with van der Waals surface area (Å²) in [6.45, 7) is 0.547. The Kier molecular flexibility index (Phi) is 5.08. The van der Waals surface area contributed by atoms with E-state index < -0.39 is 0 Å². The first kappa shape index (κ1) is 16.4. The molecule has 0 unspecified atom stereocenters. The van der Waals surface area contributed by atoms with Crippen molar-refractivity contribution >= 4 is 17.2 Å². The van der Waals surface area contributed by atoms with E-state index in [1.165, 1.54) is 4.88 Å². The number of nitrogens with one attached hydrogen (secondary N) is 2. The first-order chi connectivity index (χ1) is 11.7. The number of rotatable bonds is 6. The Balaban J connectivity index is 1.73. The van der Waals surface area contributed by atoms with Gasteiger partial charge in [0.15, 0.2) is 0 Å². The molecule has 0 aliphatic carbocycles. The van der Waals surface area contributed by atoms with Gasteiger partial charge in [-0.3, -0.25) is 9.89 Å². The van der Waals surface area contributed by atoms with E-state index in [-0.39, 0.29) is 11.9 Å². The fraction of sp³-hybridized carbons (Fsp3) is 0.222. The maximum absolute atomic E-state index is 12.6. The minimum absolute atomic E-state index is 0.119. The molecule has 1 atom stereocenters. The second-order valence-electron chi connectivity index (χ2n) is 5.73. The van der Waals surface area contributed by atoms with E-state index in [0.717, 1.165) is 11.3 Å². The van der Waals surface area contributed by atoms with E-state index in [2.05, 4.69) is 31.9 Å². The Morgan fingerprint density at radius 3 is 2.71 bits per heavy atom. The average molecular weight is 340 g/mol. The van der Waals surface area contributed by atoms with Crippen LogP contribution in [-0.4, -0.2) is 41.6 Å². The monoisotopic (exact) mass is 340 g/mol. The van der Waals surface area contributed by atoms with Crippen molar-refractivity contribution in [3.05, 3.63) is 64.5 Å². The van der Waals surface area contributed by atoms with Crippen LogP contribution < -0.4 is 5.32 Å². The van der Waals surface area contributed by atoms with Crippen molar-refractivity contribution in [2.24, 2.45) is 0 Å². The first-order valence-corrected chi connectivity index (χ1v) is 8.61. The summed E-state index contributed by atoms with van der Waals surface area (Å²) < 4.78 is 0. The zero-order chi connectivity index (χ0) is 16.9. The molecule has 2 aromatic heterocycles. The molecular formula is C18H20N4OS. The number of hydrogen-bond acceptors (Lipinski definition) is 4. The molecule has 0 bridgehead atoms. The van der Waals surface area contributed by atoms with Crippen molar-refractivity contribution in [2.45, 2.75) is 6.04 Å². The van der Waals surface area contributed by atoms with Gasteiger partial charge in [0, 0.05) is 17.0 Å². The summed E-state index contributed by atoms with van der Waals surface area (Å²) in [5.74, 6) is -0.119. The third-order valence-corrected chi connectivity index (χ3v) is 4.87. The molecule has 0 saturated heterocycles. The van der Waals surface area contributed by atoms with E-state index >= 15 is 0 Å². The summed E-state index contributed by atoms with van der Waals surface area (Å²) in [6, 6.07) is 14.0. The van der Waals surface area contributed by atoms with Gasteiger partial charge in [0.1, 0.15) is 0 Å². The van der Waals surface area contributed by atoms with E-state index in [9.17, 15) is 4.79 Å². The molecule has 3 rings (SSSR count). The van der Waals surface area contributed by atoms with E-state index in [0.29, 0.717) is 12.1 Å². The van der Waals surface area contributed by atoms with Gasteiger partial charge in [-0.25, -0.2) is 0 Å². The number of nitrogens with zero attached hydrogens (tertiary/aromatic N) is 2. The van der Waals surface area contributed by atoms with Crippen LogP contribution in [-0.2, 0) is 0 Å². The molecule has 0 aliphatic rings. The van der Waals surface area contributed by atoms with Gasteiger partial charge >= 0.3 is 0 Å². The van der Waals surface area contributed by atoms with Gasteiger partial charge in [0.05, 0.1) is 23.5 Å². The molecule has 0 spiro atoms. The van der Waals surface area contributed by atoms with Crippen LogP contribution in [0.3, 0.4) is 0 Å². The van der Waals surface area contributed by atoms with Gasteiger partial charge in [-0.2, -0.15) is 5.10 Å². The highest BCUT2D eigenvalue weighted by molar-refractivity contribution is 7.10. The lowest BCUT2D eigenvalue weighted by Gasteiger charge is -2.23. The van der Waals surface area contributed by atoms with Crippen LogP contribution in [0, 0.1) is 0 Å². The molecule has 0 saturated carbocycles. The Hall–Kier alpha value is -2.44. The highest BCUT2D eigenvalue weighted by Crippen LogP contribution is 2.23. The maximum atomic E-state index is 12.6. The smallest absolute Gasteiger partial charge is 0.255 e. The van der Waals surface area contributed by atoms with Crippen LogP contribution in [0.25, 0.3) is 11.3 Å². The molecule has 2 N–H and O–H groups in total. The third kappa shape index (κ3) is 3.55. The highest BCUT2D eigenvalue weighted by Gasteiger charge is 2.19. The number of thiophene rings is 1. The van der Waals surface area contributed by atoms with Gasteiger partial charge in [-0.05, 0) is 25.5 Å². The largest absolute Gasteiger partial charge is 0.350 e. The predicted octanol–water partition coefficient (Wildman–Crippen LogP) is 3.17. The summed E-state index contributed by atoms with van der Waals surface area (Å²) in [5.41, 5.74) is 2.25. The Morgan fingerprint density at radius 1 is 1.25 bits per heavy atom. The SMILES string of the molecule is CN(C)[C@H](CNC(=O)c1cn[nH]c1-c1ccccc1)c1cccs1. The molecule has 0 aliphatic heterocycles. The van der Waals surface area contributed by atoms with Gasteiger partial charge < -0.3 is 10.2 Å². The van der Waals surface area contributed by atoms with Crippen molar-refractivity contribution in [2.75, 3.05) is 20.6 Å². The lowest BCUT2D eigenvalue weighted by Crippen LogP contribution is -2.34. The molecule has 6 heteroatoms. The van der Waals surface area contributed by atoms with Crippen LogP contribution in [0.4, 0.5) is 0 Å². The van der Waals surface area contributed by atoms with Crippen LogP contribution >= 0.6 is 11.3 Å². The molecule has 2 heterocycles. The molecule has 5 nitrogen and oxygen atoms in total. The van der Waals surface area contributed by atoms with E-state index in [1.54, 1.807) is 17.5 Å². The highest BCUT2D eigenvalue weighted by atomic mass is 32.1. The fourth-order valence-corrected chi connectivity index (χ4v) is 3.51. The summed E-state index contributed by atoms with van der Waals surface area (Å²) in [7, 11) is 4.04. The number of likely N-dealkylation sites (N-methyl/N-ethyl adjacent to an activating group) is 1. The lowest BCUT2D eigenvalue weighted by atomic mass is 10.1. The van der Waals surface area contributed by atoms with Crippen LogP contribution in [0.2, 0.25) is 0 Å². The summed E-state index contributed by atoms with van der Waals surface area (Å²) in [5, 5.41) is 12.0. The van der Waals surface area contributed by atoms with Gasteiger partial charge in [-0.15, -0.1) is 11.3 Å². The number of benzene rings is 1. The Bertz CT molecular complexity index is 780. The maximum Gasteiger partial charge on any atom is 0.255 e. The summed E-state index contributed by atoms with van der Waals surface area (Å²) >= 11 is 1.70. The lowest BCUT2D eigenvalue weighted by molar-refractivity contribution is 0.0943. The minimum atomic E-state index is -0.119. The molecule has 24 heavy (non-hydrogen) atoms. The molecule has 0 fully saturated rings. The number of amides is 1. The Morgan fingerprint density at radius 2 is 2.04 bits per heavy atom. The Labute approximate surface area is 145 Å². The van der Waals surface area contributed by atoms with Crippen molar-refractivity contribution in [1.82, 2.24) is 20.4 Å². The molecule has 3 aromatic rings. The van der Waals surface area contributed by atoms with Gasteiger partial charge in [0.25, 0.3) is 5.91 Å². The molecule has 124 valence electrons. The summed E-state index contributed by atoms with van der Waals surface area (Å²) in [6.07, 6.45) is 1.58. The summed E-state index contributed by atoms with van der Waals surface area (Å²) in [4.78, 5) is 16.0. The van der Waals surface area contributed by atoms with E-state index in [4.69, 9.17) is 0 Å². The quantitative estimate of drug-likeness (QED) is 0.724. The average Bonchev–Trinajstić information content (AvgIpc) is 3.27. The number of aromatic amines is 1. The zero-order valence-electron chi connectivity index (χ0n) is 13.7. The second-order valence-corrected chi connectivity index (χ2v) is 6.71. The number of carbonyl (C=O) groups is 1. The van der Waals surface area contributed by atoms with Crippen molar-refractivity contribution in [1.29, 1.82) is 0 Å². The number of hydrogen-bond donors (Lipinski definition) is 2. The van der Waals surface area contributed by atoms with Crippen molar-refractivity contribution in [3.8, 4) is 11.3 Å². The number of carbonyl (C=O) groups excluding carboxylic acids is 1. The van der Waals surface area contributed by atoms with Crippen molar-refractivity contribution in [3.63, 3.8) is 0 Å². The standard InChI is InChI=1S/C18H20N4OS/c1-22(2)15(16-9-6-10-24-16)12-19-18(23)14-11-20-21-17(14)13-7-4-3-5-8-13/h3-11,15H,12H2,1-2H3,(H,19,23)(H,20,21)/t15-/m1/s1. The first-order valence-electron chi connectivity index (χ1n) is 7.73. The third-order valence-electron chi connectivity index (χ3n) is 3.90. The van der Waals surface area contributed by atoms with Gasteiger partial charge in [-0.1, -0.05) is 36.4 Å². The van der Waals surface area contributed by atoms with Crippen molar-refractivity contribution < 1.29 is 4.79 Å². The predicted molar refractivity (Wildman–Crippen MR) is 97.1 cm³/mol. The topological polar surface area (TPSA) is 61.0 Å². The minimum Gasteiger partial charge on any atom is -0.350 e.